The molecule has 0 unspecified atom stereocenters. The smallest absolute Gasteiger partial charge is 0.420 e. The summed E-state index contributed by atoms with van der Waals surface area (Å²) in [5.41, 5.74) is -1.20. The summed E-state index contributed by atoms with van der Waals surface area (Å²) in [4.78, 5) is 24.4. The number of hydrogen-bond acceptors (Lipinski definition) is 5. The number of carbonyl (C=O) groups is 2. The number of alkyl halides is 3. The van der Waals surface area contributed by atoms with E-state index in [4.69, 9.17) is 14.2 Å². The van der Waals surface area contributed by atoms with Gasteiger partial charge in [-0.3, -0.25) is 4.79 Å². The highest BCUT2D eigenvalue weighted by Crippen LogP contribution is 2.40. The molecular weight excluding hydrogens is 508 g/mol. The fourth-order valence-electron chi connectivity index (χ4n) is 3.83. The lowest BCUT2D eigenvalue weighted by atomic mass is 9.97. The van der Waals surface area contributed by atoms with E-state index in [9.17, 15) is 27.2 Å². The molecule has 1 fully saturated rings. The Morgan fingerprint density at radius 1 is 1.13 bits per heavy atom. The highest BCUT2D eigenvalue weighted by atomic mass is 19.4. The maximum atomic E-state index is 14.8. The van der Waals surface area contributed by atoms with Crippen LogP contribution >= 0.6 is 0 Å². The maximum Gasteiger partial charge on any atom is 0.420 e. The van der Waals surface area contributed by atoms with E-state index in [0.29, 0.717) is 17.7 Å². The molecule has 0 radical (unpaired) electrons. The molecule has 2 aromatic carbocycles. The van der Waals surface area contributed by atoms with Crippen LogP contribution in [0.5, 0.6) is 5.75 Å². The van der Waals surface area contributed by atoms with E-state index in [-0.39, 0.29) is 48.3 Å². The molecule has 1 aliphatic heterocycles. The molecule has 0 spiro atoms. The zero-order chi connectivity index (χ0) is 27.5. The Kier molecular flexibility index (Phi) is 7.77. The van der Waals surface area contributed by atoms with Crippen LogP contribution in [0.3, 0.4) is 0 Å². The zero-order valence-corrected chi connectivity index (χ0v) is 20.7. The van der Waals surface area contributed by atoms with Crippen molar-refractivity contribution in [2.45, 2.75) is 38.5 Å². The third kappa shape index (κ3) is 6.34. The molecule has 38 heavy (non-hydrogen) atoms. The summed E-state index contributed by atoms with van der Waals surface area (Å²) >= 11 is 0. The Balaban J connectivity index is 1.45. The quantitative estimate of drug-likeness (QED) is 0.387. The van der Waals surface area contributed by atoms with Crippen LogP contribution in [0.4, 0.5) is 33.7 Å². The van der Waals surface area contributed by atoms with Crippen LogP contribution in [0.15, 0.2) is 54.3 Å². The number of anilines is 2. The minimum Gasteiger partial charge on any atom is -0.490 e. The van der Waals surface area contributed by atoms with Crippen molar-refractivity contribution < 1.29 is 41.4 Å². The van der Waals surface area contributed by atoms with Gasteiger partial charge in [-0.2, -0.15) is 13.2 Å². The Bertz CT molecular complexity index is 1300. The fraction of sp³-hybridized carbons (Fsp3) is 0.333. The van der Waals surface area contributed by atoms with Crippen LogP contribution in [0.25, 0.3) is 5.57 Å². The summed E-state index contributed by atoms with van der Waals surface area (Å²) in [6, 6.07) is 6.24. The second-order valence-corrected chi connectivity index (χ2v) is 9.17. The van der Waals surface area contributed by atoms with E-state index in [1.54, 1.807) is 25.1 Å². The summed E-state index contributed by atoms with van der Waals surface area (Å²) in [6.07, 6.45) is -0.697. The monoisotopic (exact) mass is 534 g/mol. The number of ether oxygens (including phenoxy) is 3. The number of allylic oxidation sites excluding steroid dienone is 4. The summed E-state index contributed by atoms with van der Waals surface area (Å²) in [5, 5.41) is 4.58. The van der Waals surface area contributed by atoms with Crippen molar-refractivity contribution in [3.8, 4) is 5.75 Å². The van der Waals surface area contributed by atoms with Gasteiger partial charge >= 0.3 is 12.2 Å². The first-order chi connectivity index (χ1) is 18.0. The van der Waals surface area contributed by atoms with Crippen molar-refractivity contribution in [3.05, 3.63) is 71.3 Å². The lowest BCUT2D eigenvalue weighted by Gasteiger charge is -2.38. The number of Topliss-reactive ketones (excluding diaryl/α,β-unsaturated/α-hetero) is 1. The molecule has 7 nitrogen and oxygen atoms in total. The molecule has 2 amide bonds. The summed E-state index contributed by atoms with van der Waals surface area (Å²) in [5.74, 6) is -1.12. The van der Waals surface area contributed by atoms with E-state index in [0.717, 1.165) is 18.6 Å². The van der Waals surface area contributed by atoms with Crippen molar-refractivity contribution in [3.63, 3.8) is 0 Å². The van der Waals surface area contributed by atoms with Crippen LogP contribution < -0.4 is 15.4 Å². The van der Waals surface area contributed by atoms with Gasteiger partial charge in [-0.05, 0) is 60.9 Å². The second-order valence-electron chi connectivity index (χ2n) is 9.17. The fourth-order valence-corrected chi connectivity index (χ4v) is 3.83. The Hall–Kier alpha value is -3.86. The maximum absolute atomic E-state index is 14.8. The number of amides is 2. The average molecular weight is 535 g/mol. The number of hydrogen-bond donors (Lipinski definition) is 2. The summed E-state index contributed by atoms with van der Waals surface area (Å²) in [6.45, 7) is 4.25. The molecule has 1 heterocycles. The third-order valence-corrected chi connectivity index (χ3v) is 5.80. The van der Waals surface area contributed by atoms with Gasteiger partial charge in [0.15, 0.2) is 11.4 Å². The highest BCUT2D eigenvalue weighted by molar-refractivity contribution is 6.02. The number of rotatable bonds is 8. The molecule has 2 aliphatic rings. The van der Waals surface area contributed by atoms with E-state index in [1.807, 2.05) is 6.92 Å². The molecule has 0 bridgehead atoms. The minimum atomic E-state index is -4.74. The van der Waals surface area contributed by atoms with Crippen LogP contribution in [-0.4, -0.2) is 37.2 Å². The van der Waals surface area contributed by atoms with E-state index >= 15 is 0 Å². The highest BCUT2D eigenvalue weighted by Gasteiger charge is 2.40. The lowest BCUT2D eigenvalue weighted by molar-refractivity contribution is -0.160. The van der Waals surface area contributed by atoms with Gasteiger partial charge in [0.25, 0.3) is 0 Å². The molecule has 0 aromatic heterocycles. The number of nitrogens with one attached hydrogen (secondary N) is 2. The number of ketones is 1. The second kappa shape index (κ2) is 10.9. The van der Waals surface area contributed by atoms with Crippen molar-refractivity contribution in [1.82, 2.24) is 0 Å². The predicted molar refractivity (Wildman–Crippen MR) is 132 cm³/mol. The van der Waals surface area contributed by atoms with Crippen LogP contribution in [0.1, 0.15) is 37.8 Å². The first-order valence-electron chi connectivity index (χ1n) is 11.9. The summed E-state index contributed by atoms with van der Waals surface area (Å²) < 4.78 is 71.7. The largest absolute Gasteiger partial charge is 0.490 e. The third-order valence-electron chi connectivity index (χ3n) is 5.80. The Morgan fingerprint density at radius 2 is 1.89 bits per heavy atom. The predicted octanol–water partition coefficient (Wildman–Crippen LogP) is 6.32. The van der Waals surface area contributed by atoms with Gasteiger partial charge in [0.2, 0.25) is 5.78 Å². The topological polar surface area (TPSA) is 85.9 Å². The molecule has 11 heteroatoms. The molecule has 4 rings (SSSR count). The number of halogens is 4. The van der Waals surface area contributed by atoms with Crippen LogP contribution in [0.2, 0.25) is 0 Å². The van der Waals surface area contributed by atoms with E-state index in [2.05, 4.69) is 10.6 Å². The number of urea groups is 1. The zero-order valence-electron chi connectivity index (χ0n) is 20.7. The normalized spacial score (nSPS) is 16.6. The standard InChI is InChI=1S/C27H26F4N2O5/c1-3-10-37-24-12-17(5-8-22(24)34)16-4-7-21(20(28)11-16)33-25(35)32-18-6-9-23(19(13-18)27(29,30)31)38-26(2)14-36-15-26/h4-7,9,11-13H,3,8,10,14-15H2,1-2H3,(H2,32,33,35). The SMILES string of the molecule is CCCOC1=CC(c2ccc(NC(=O)Nc3ccc(OC4(C)COC4)c(C(F)(F)F)c3)c(F)c2)=CCC1=O. The van der Waals surface area contributed by atoms with Crippen LogP contribution in [0, 0.1) is 5.82 Å². The molecule has 0 atom stereocenters. The molecule has 0 saturated carbocycles. The van der Waals surface area contributed by atoms with Crippen molar-refractivity contribution in [2.24, 2.45) is 0 Å². The van der Waals surface area contributed by atoms with Crippen molar-refractivity contribution in [1.29, 1.82) is 0 Å². The first-order valence-corrected chi connectivity index (χ1v) is 11.9. The molecule has 2 N–H and O–H groups in total. The number of benzene rings is 2. The number of carbonyl (C=O) groups excluding carboxylic acids is 2. The lowest BCUT2D eigenvalue weighted by Crippen LogP contribution is -2.51. The Morgan fingerprint density at radius 3 is 2.53 bits per heavy atom. The van der Waals surface area contributed by atoms with E-state index in [1.165, 1.54) is 18.2 Å². The van der Waals surface area contributed by atoms with Gasteiger partial charge in [-0.1, -0.05) is 19.1 Å². The summed E-state index contributed by atoms with van der Waals surface area (Å²) in [7, 11) is 0. The van der Waals surface area contributed by atoms with Gasteiger partial charge in [0.1, 0.15) is 11.6 Å². The molecule has 2 aromatic rings. The van der Waals surface area contributed by atoms with Gasteiger partial charge in [0, 0.05) is 12.1 Å². The molecule has 1 aliphatic carbocycles. The Labute approximate surface area is 216 Å². The van der Waals surface area contributed by atoms with Gasteiger partial charge < -0.3 is 24.8 Å². The van der Waals surface area contributed by atoms with Crippen LogP contribution in [-0.2, 0) is 20.4 Å². The van der Waals surface area contributed by atoms with Gasteiger partial charge in [0.05, 0.1) is 31.1 Å². The average Bonchev–Trinajstić information content (AvgIpc) is 2.84. The van der Waals surface area contributed by atoms with E-state index < -0.39 is 29.2 Å². The van der Waals surface area contributed by atoms with Crippen molar-refractivity contribution >= 4 is 28.8 Å². The molecule has 1 saturated heterocycles. The molecular formula is C27H26F4N2O5. The first kappa shape index (κ1) is 27.2. The van der Waals surface area contributed by atoms with Gasteiger partial charge in [-0.25, -0.2) is 9.18 Å². The minimum absolute atomic E-state index is 0.117. The molecule has 202 valence electrons. The van der Waals surface area contributed by atoms with Crippen molar-refractivity contribution in [2.75, 3.05) is 30.5 Å². The van der Waals surface area contributed by atoms with Gasteiger partial charge in [-0.15, -0.1) is 0 Å².